The van der Waals surface area contributed by atoms with Crippen LogP contribution in [0, 0.1) is 0 Å². The van der Waals surface area contributed by atoms with Crippen LogP contribution in [0.25, 0.3) is 10.9 Å². The topological polar surface area (TPSA) is 123 Å². The minimum atomic E-state index is -0.652. The third kappa shape index (κ3) is 2.18. The molecule has 0 saturated heterocycles. The van der Waals surface area contributed by atoms with E-state index in [0.29, 0.717) is 13.0 Å². The number of nitrogens with one attached hydrogen (secondary N) is 2. The number of fused-ring (bicyclic) bond motifs is 1. The van der Waals surface area contributed by atoms with E-state index in [4.69, 9.17) is 11.5 Å². The number of aryl methyl sites for hydroxylation is 1. The summed E-state index contributed by atoms with van der Waals surface area (Å²) in [6.45, 7) is 0.341. The van der Waals surface area contributed by atoms with Gasteiger partial charge in [-0.15, -0.1) is 0 Å². The summed E-state index contributed by atoms with van der Waals surface area (Å²) < 4.78 is 1.28. The van der Waals surface area contributed by atoms with Crippen molar-refractivity contribution in [1.29, 1.82) is 0 Å². The maximum absolute atomic E-state index is 11.8. The number of H-pyrrole nitrogens is 2. The fraction of sp³-hybridized carbons (Fsp3) is 0.143. The molecule has 7 nitrogen and oxygen atoms in total. The molecule has 0 fully saturated rings. The predicted molar refractivity (Wildman–Crippen MR) is 82.2 cm³/mol. The molecular weight excluding hydrogens is 270 g/mol. The molecule has 0 spiro atoms. The summed E-state index contributed by atoms with van der Waals surface area (Å²) in [5.74, 6) is 0.00333. The Hall–Kier alpha value is -2.96. The van der Waals surface area contributed by atoms with Gasteiger partial charge in [0.15, 0.2) is 0 Å². The largest absolute Gasteiger partial charge is 0.391 e. The zero-order valence-corrected chi connectivity index (χ0v) is 11.2. The lowest BCUT2D eigenvalue weighted by Gasteiger charge is -2.09. The third-order valence-electron chi connectivity index (χ3n) is 3.56. The van der Waals surface area contributed by atoms with Crippen LogP contribution in [-0.2, 0) is 13.0 Å². The number of nitrogen functional groups attached to an aromatic ring is 2. The maximum atomic E-state index is 11.8. The molecular formula is C14H15N5O2. The number of hydrogen-bond acceptors (Lipinski definition) is 4. The second-order valence-corrected chi connectivity index (χ2v) is 4.82. The number of anilines is 2. The Morgan fingerprint density at radius 1 is 1.14 bits per heavy atom. The fourth-order valence-corrected chi connectivity index (χ4v) is 2.40. The molecule has 3 rings (SSSR count). The van der Waals surface area contributed by atoms with Crippen molar-refractivity contribution >= 4 is 22.4 Å². The van der Waals surface area contributed by atoms with E-state index >= 15 is 0 Å². The van der Waals surface area contributed by atoms with Crippen LogP contribution in [0.4, 0.5) is 11.5 Å². The quantitative estimate of drug-likeness (QED) is 0.557. The zero-order chi connectivity index (χ0) is 15.0. The number of nitrogens with zero attached hydrogens (tertiary/aromatic N) is 1. The number of aromatic nitrogens is 3. The summed E-state index contributed by atoms with van der Waals surface area (Å²) in [4.78, 5) is 28.5. The highest BCUT2D eigenvalue weighted by Crippen LogP contribution is 2.18. The van der Waals surface area contributed by atoms with E-state index in [0.717, 1.165) is 16.5 Å². The highest BCUT2D eigenvalue weighted by molar-refractivity contribution is 5.83. The van der Waals surface area contributed by atoms with Crippen LogP contribution in [0.15, 0.2) is 40.1 Å². The third-order valence-corrected chi connectivity index (χ3v) is 3.56. The molecule has 7 heteroatoms. The first-order chi connectivity index (χ1) is 10.1. The highest BCUT2D eigenvalue weighted by Gasteiger charge is 2.10. The zero-order valence-electron chi connectivity index (χ0n) is 11.2. The monoisotopic (exact) mass is 285 g/mol. The van der Waals surface area contributed by atoms with Crippen molar-refractivity contribution in [2.75, 3.05) is 11.5 Å². The average molecular weight is 285 g/mol. The highest BCUT2D eigenvalue weighted by atomic mass is 16.2. The van der Waals surface area contributed by atoms with E-state index in [9.17, 15) is 9.59 Å². The first-order valence-electron chi connectivity index (χ1n) is 6.51. The molecule has 21 heavy (non-hydrogen) atoms. The van der Waals surface area contributed by atoms with Crippen molar-refractivity contribution in [3.8, 4) is 0 Å². The summed E-state index contributed by atoms with van der Waals surface area (Å²) in [6, 6.07) is 7.90. The summed E-state index contributed by atoms with van der Waals surface area (Å²) in [6.07, 6.45) is 2.50. The van der Waals surface area contributed by atoms with E-state index in [1.807, 2.05) is 30.5 Å². The second-order valence-electron chi connectivity index (χ2n) is 4.82. The number of benzene rings is 1. The molecule has 0 bridgehead atoms. The molecule has 0 aliphatic rings. The minimum Gasteiger partial charge on any atom is -0.391 e. The van der Waals surface area contributed by atoms with Gasteiger partial charge in [-0.2, -0.15) is 0 Å². The van der Waals surface area contributed by atoms with Crippen molar-refractivity contribution in [2.45, 2.75) is 13.0 Å². The van der Waals surface area contributed by atoms with Crippen LogP contribution >= 0.6 is 0 Å². The Kier molecular flexibility index (Phi) is 3.02. The van der Waals surface area contributed by atoms with Gasteiger partial charge in [0.05, 0.1) is 0 Å². The molecule has 0 radical (unpaired) electrons. The molecule has 0 saturated carbocycles. The summed E-state index contributed by atoms with van der Waals surface area (Å²) in [5.41, 5.74) is 12.1. The minimum absolute atomic E-state index is 0.00333. The van der Waals surface area contributed by atoms with Gasteiger partial charge < -0.3 is 16.5 Å². The molecule has 0 unspecified atom stereocenters. The first kappa shape index (κ1) is 13.0. The maximum Gasteiger partial charge on any atom is 0.330 e. The first-order valence-corrected chi connectivity index (χ1v) is 6.51. The van der Waals surface area contributed by atoms with Gasteiger partial charge >= 0.3 is 5.69 Å². The molecule has 3 aromatic rings. The molecule has 2 heterocycles. The smallest absolute Gasteiger partial charge is 0.330 e. The van der Waals surface area contributed by atoms with E-state index in [-0.39, 0.29) is 11.5 Å². The molecule has 108 valence electrons. The second kappa shape index (κ2) is 4.86. The van der Waals surface area contributed by atoms with Crippen LogP contribution in [0.5, 0.6) is 0 Å². The number of nitrogens with two attached hydrogens (primary N) is 2. The summed E-state index contributed by atoms with van der Waals surface area (Å²) >= 11 is 0. The van der Waals surface area contributed by atoms with Crippen LogP contribution in [0.2, 0.25) is 0 Å². The van der Waals surface area contributed by atoms with Gasteiger partial charge in [0.25, 0.3) is 5.56 Å². The predicted octanol–water partition coefficient (Wildman–Crippen LogP) is 0.425. The SMILES string of the molecule is Nc1c(N)n(CCc2c[nH]c3ccccc23)c(=O)[nH]c1=O. The lowest BCUT2D eigenvalue weighted by molar-refractivity contribution is 0.659. The van der Waals surface area contributed by atoms with Gasteiger partial charge in [0.1, 0.15) is 11.5 Å². The van der Waals surface area contributed by atoms with Crippen molar-refractivity contribution in [1.82, 2.24) is 14.5 Å². The van der Waals surface area contributed by atoms with Crippen LogP contribution < -0.4 is 22.7 Å². The molecule has 0 amide bonds. The van der Waals surface area contributed by atoms with Crippen molar-refractivity contribution in [3.63, 3.8) is 0 Å². The summed E-state index contributed by atoms with van der Waals surface area (Å²) in [7, 11) is 0. The summed E-state index contributed by atoms with van der Waals surface area (Å²) in [5, 5.41) is 1.10. The van der Waals surface area contributed by atoms with Gasteiger partial charge in [-0.05, 0) is 18.1 Å². The Morgan fingerprint density at radius 2 is 1.90 bits per heavy atom. The van der Waals surface area contributed by atoms with Crippen LogP contribution in [-0.4, -0.2) is 14.5 Å². The molecule has 0 aliphatic heterocycles. The van der Waals surface area contributed by atoms with E-state index < -0.39 is 11.2 Å². The lowest BCUT2D eigenvalue weighted by atomic mass is 10.1. The Balaban J connectivity index is 1.94. The van der Waals surface area contributed by atoms with Crippen LogP contribution in [0.1, 0.15) is 5.56 Å². The van der Waals surface area contributed by atoms with Gasteiger partial charge in [-0.3, -0.25) is 14.3 Å². The number of hydrogen-bond donors (Lipinski definition) is 4. The van der Waals surface area contributed by atoms with Crippen LogP contribution in [0.3, 0.4) is 0 Å². The average Bonchev–Trinajstić information content (AvgIpc) is 2.88. The van der Waals surface area contributed by atoms with E-state index in [1.54, 1.807) is 0 Å². The number of rotatable bonds is 3. The molecule has 6 N–H and O–H groups in total. The van der Waals surface area contributed by atoms with Gasteiger partial charge in [0, 0.05) is 23.6 Å². The Morgan fingerprint density at radius 3 is 2.71 bits per heavy atom. The van der Waals surface area contributed by atoms with Gasteiger partial charge in [-0.25, -0.2) is 4.79 Å². The number of para-hydroxylation sites is 1. The Labute approximate surface area is 119 Å². The van der Waals surface area contributed by atoms with Crippen molar-refractivity contribution in [3.05, 3.63) is 56.9 Å². The van der Waals surface area contributed by atoms with Gasteiger partial charge in [0.2, 0.25) is 0 Å². The normalized spacial score (nSPS) is 11.0. The Bertz CT molecular complexity index is 919. The number of aromatic amines is 2. The lowest BCUT2D eigenvalue weighted by Crippen LogP contribution is -2.34. The fourth-order valence-electron chi connectivity index (χ4n) is 2.40. The van der Waals surface area contributed by atoms with Crippen molar-refractivity contribution < 1.29 is 0 Å². The van der Waals surface area contributed by atoms with Crippen molar-refractivity contribution in [2.24, 2.45) is 0 Å². The molecule has 0 atom stereocenters. The molecule has 2 aromatic heterocycles. The standard InChI is InChI=1S/C14H15N5O2/c15-11-12(16)19(14(21)18-13(11)20)6-5-8-7-17-10-4-2-1-3-9(8)10/h1-4,7,17H,5-6,15-16H2,(H,18,20,21). The molecule has 1 aromatic carbocycles. The molecule has 0 aliphatic carbocycles. The van der Waals surface area contributed by atoms with E-state index in [2.05, 4.69) is 9.97 Å². The van der Waals surface area contributed by atoms with E-state index in [1.165, 1.54) is 4.57 Å². The van der Waals surface area contributed by atoms with Gasteiger partial charge in [-0.1, -0.05) is 18.2 Å².